The summed E-state index contributed by atoms with van der Waals surface area (Å²) in [6.45, 7) is 0. The average Bonchev–Trinajstić information content (AvgIpc) is 2.74. The normalized spacial score (nSPS) is 15.8. The van der Waals surface area contributed by atoms with Crippen molar-refractivity contribution in [1.29, 1.82) is 0 Å². The molecule has 0 atom stereocenters. The van der Waals surface area contributed by atoms with Gasteiger partial charge in [-0.1, -0.05) is 78.9 Å². The summed E-state index contributed by atoms with van der Waals surface area (Å²) < 4.78 is 3.82. The predicted octanol–water partition coefficient (Wildman–Crippen LogP) is 5.43. The molecule has 0 aromatic heterocycles. The third kappa shape index (κ3) is 3.65. The van der Waals surface area contributed by atoms with E-state index in [9.17, 15) is 9.59 Å². The van der Waals surface area contributed by atoms with Gasteiger partial charge in [0.25, 0.3) is 5.91 Å². The maximum atomic E-state index is 13.5. The molecule has 0 unspecified atom stereocenters. The number of benzene rings is 3. The van der Waals surface area contributed by atoms with Crippen molar-refractivity contribution in [2.45, 2.75) is 4.64 Å². The fourth-order valence-electron chi connectivity index (χ4n) is 3.12. The van der Waals surface area contributed by atoms with Crippen molar-refractivity contribution in [1.82, 2.24) is 0 Å². The summed E-state index contributed by atoms with van der Waals surface area (Å²) in [5, 5.41) is 0. The molecule has 144 valence electrons. The van der Waals surface area contributed by atoms with E-state index in [1.807, 2.05) is 6.07 Å². The molecule has 4 rings (SSSR count). The number of nitrogens with zero attached hydrogens (tertiary/aromatic N) is 1. The van der Waals surface area contributed by atoms with Crippen LogP contribution in [0.2, 0.25) is 0 Å². The highest BCUT2D eigenvalue weighted by Crippen LogP contribution is 2.43. The summed E-state index contributed by atoms with van der Waals surface area (Å²) >= 11 is 12.9. The van der Waals surface area contributed by atoms with Gasteiger partial charge in [0.15, 0.2) is 0 Å². The average molecular weight is 424 g/mol. The largest absolute Gasteiger partial charge is 0.439 e. The van der Waals surface area contributed by atoms with Crippen LogP contribution in [-0.4, -0.2) is 16.3 Å². The molecule has 1 amide bonds. The molecule has 0 bridgehead atoms. The van der Waals surface area contributed by atoms with E-state index < -0.39 is 16.3 Å². The van der Waals surface area contributed by atoms with Gasteiger partial charge in [0, 0.05) is 11.1 Å². The van der Waals surface area contributed by atoms with E-state index in [-0.39, 0.29) is 11.3 Å². The number of carbonyl (C=O) groups is 2. The number of Topliss-reactive ketones (excluding diaryl/α,β-unsaturated/α-hetero) is 1. The van der Waals surface area contributed by atoms with E-state index >= 15 is 0 Å². The van der Waals surface area contributed by atoms with Gasteiger partial charge in [0.1, 0.15) is 11.3 Å². The van der Waals surface area contributed by atoms with E-state index in [4.69, 9.17) is 27.9 Å². The molecule has 0 N–H and O–H groups in total. The van der Waals surface area contributed by atoms with E-state index in [0.29, 0.717) is 16.8 Å². The molecule has 0 radical (unpaired) electrons. The van der Waals surface area contributed by atoms with Crippen molar-refractivity contribution in [3.8, 4) is 0 Å². The van der Waals surface area contributed by atoms with Crippen molar-refractivity contribution in [2.24, 2.45) is 0 Å². The number of para-hydroxylation sites is 1. The molecule has 3 aromatic rings. The Morgan fingerprint density at radius 1 is 0.793 bits per heavy atom. The molecular formula is C23H15Cl2NO3. The second-order valence-corrected chi connectivity index (χ2v) is 7.55. The van der Waals surface area contributed by atoms with Crippen molar-refractivity contribution >= 4 is 46.3 Å². The van der Waals surface area contributed by atoms with Crippen LogP contribution in [0.15, 0.2) is 96.6 Å². The van der Waals surface area contributed by atoms with Gasteiger partial charge in [-0.15, -0.1) is 0 Å². The van der Waals surface area contributed by atoms with Crippen LogP contribution in [0.1, 0.15) is 15.9 Å². The highest BCUT2D eigenvalue weighted by Gasteiger charge is 2.49. The van der Waals surface area contributed by atoms with Crippen LogP contribution in [-0.2, 0) is 9.53 Å². The fourth-order valence-corrected chi connectivity index (χ4v) is 3.62. The highest BCUT2D eigenvalue weighted by atomic mass is 35.5. The maximum Gasteiger partial charge on any atom is 0.350 e. The Balaban J connectivity index is 1.92. The van der Waals surface area contributed by atoms with Crippen LogP contribution in [0.5, 0.6) is 0 Å². The minimum atomic E-state index is -2.02. The van der Waals surface area contributed by atoms with Crippen molar-refractivity contribution < 1.29 is 14.3 Å². The minimum Gasteiger partial charge on any atom is -0.439 e. The van der Waals surface area contributed by atoms with Gasteiger partial charge in [0.2, 0.25) is 5.78 Å². The minimum absolute atomic E-state index is 0.0432. The van der Waals surface area contributed by atoms with Gasteiger partial charge < -0.3 is 4.74 Å². The van der Waals surface area contributed by atoms with Gasteiger partial charge in [-0.2, -0.15) is 0 Å². The van der Waals surface area contributed by atoms with Gasteiger partial charge in [-0.25, -0.2) is 4.90 Å². The highest BCUT2D eigenvalue weighted by molar-refractivity contribution is 6.52. The number of amides is 1. The molecule has 0 spiro atoms. The lowest BCUT2D eigenvalue weighted by Crippen LogP contribution is -2.51. The van der Waals surface area contributed by atoms with Crippen LogP contribution < -0.4 is 4.90 Å². The Labute approximate surface area is 177 Å². The number of rotatable bonds is 4. The number of ether oxygens (including phenoxy) is 1. The molecule has 0 aliphatic carbocycles. The number of hydrogen-bond donors (Lipinski definition) is 0. The summed E-state index contributed by atoms with van der Waals surface area (Å²) in [7, 11) is 0. The number of anilines is 1. The molecule has 3 aromatic carbocycles. The summed E-state index contributed by atoms with van der Waals surface area (Å²) in [5.41, 5.74) is 1.16. The zero-order valence-electron chi connectivity index (χ0n) is 15.1. The van der Waals surface area contributed by atoms with Crippen LogP contribution in [0.3, 0.4) is 0 Å². The fraction of sp³-hybridized carbons (Fsp3) is 0.0435. The van der Waals surface area contributed by atoms with E-state index in [2.05, 4.69) is 0 Å². The smallest absolute Gasteiger partial charge is 0.350 e. The first-order valence-electron chi connectivity index (χ1n) is 8.85. The first-order chi connectivity index (χ1) is 14.0. The number of ketones is 1. The second kappa shape index (κ2) is 7.74. The molecule has 0 fully saturated rings. The van der Waals surface area contributed by atoms with Gasteiger partial charge in [0.05, 0.1) is 5.69 Å². The molecule has 6 heteroatoms. The SMILES string of the molecule is O=C(C1=C(c2ccccc2)OC(Cl)(Cl)N(c2ccccc2)C1=O)c1ccccc1. The number of carbonyl (C=O) groups excluding carboxylic acids is 2. The van der Waals surface area contributed by atoms with E-state index in [1.54, 1.807) is 84.9 Å². The summed E-state index contributed by atoms with van der Waals surface area (Å²) in [5.74, 6) is -1.07. The lowest BCUT2D eigenvalue weighted by Gasteiger charge is -2.39. The first-order valence-corrected chi connectivity index (χ1v) is 9.60. The zero-order chi connectivity index (χ0) is 20.4. The van der Waals surface area contributed by atoms with Crippen molar-refractivity contribution in [2.75, 3.05) is 4.90 Å². The van der Waals surface area contributed by atoms with Crippen LogP contribution in [0.4, 0.5) is 5.69 Å². The van der Waals surface area contributed by atoms with Gasteiger partial charge in [-0.05, 0) is 35.3 Å². The summed E-state index contributed by atoms with van der Waals surface area (Å²) in [6, 6.07) is 25.9. The third-order valence-electron chi connectivity index (χ3n) is 4.44. The Kier molecular flexibility index (Phi) is 5.14. The first kappa shape index (κ1) is 19.2. The quantitative estimate of drug-likeness (QED) is 0.243. The number of hydrogen-bond acceptors (Lipinski definition) is 3. The molecular weight excluding hydrogens is 409 g/mol. The third-order valence-corrected chi connectivity index (χ3v) is 4.93. The van der Waals surface area contributed by atoms with Crippen molar-refractivity contribution in [3.05, 3.63) is 108 Å². The Morgan fingerprint density at radius 2 is 1.31 bits per heavy atom. The molecule has 1 aliphatic heterocycles. The lowest BCUT2D eigenvalue weighted by atomic mass is 9.97. The molecule has 29 heavy (non-hydrogen) atoms. The van der Waals surface area contributed by atoms with E-state index in [0.717, 1.165) is 4.90 Å². The molecule has 0 saturated heterocycles. The number of halogens is 2. The molecule has 0 saturated carbocycles. The molecule has 4 nitrogen and oxygen atoms in total. The Morgan fingerprint density at radius 3 is 1.90 bits per heavy atom. The van der Waals surface area contributed by atoms with Crippen LogP contribution in [0, 0.1) is 0 Å². The molecule has 1 heterocycles. The van der Waals surface area contributed by atoms with Crippen LogP contribution in [0.25, 0.3) is 5.76 Å². The zero-order valence-corrected chi connectivity index (χ0v) is 16.6. The Hall–Kier alpha value is -3.08. The van der Waals surface area contributed by atoms with Gasteiger partial charge in [-0.3, -0.25) is 9.59 Å². The monoisotopic (exact) mass is 423 g/mol. The molecule has 1 aliphatic rings. The predicted molar refractivity (Wildman–Crippen MR) is 114 cm³/mol. The maximum absolute atomic E-state index is 13.5. The number of alkyl halides is 2. The summed E-state index contributed by atoms with van der Waals surface area (Å²) in [6.07, 6.45) is 0. The van der Waals surface area contributed by atoms with Gasteiger partial charge >= 0.3 is 4.64 Å². The standard InChI is InChI=1S/C23H15Cl2NO3/c24-23(25)26(18-14-8-3-9-15-18)22(28)19(20(27)16-10-4-1-5-11-16)21(29-23)17-12-6-2-7-13-17/h1-15H. The lowest BCUT2D eigenvalue weighted by molar-refractivity contribution is -0.117. The van der Waals surface area contributed by atoms with E-state index in [1.165, 1.54) is 0 Å². The van der Waals surface area contributed by atoms with Crippen LogP contribution >= 0.6 is 23.2 Å². The van der Waals surface area contributed by atoms with Crippen molar-refractivity contribution in [3.63, 3.8) is 0 Å². The second-order valence-electron chi connectivity index (χ2n) is 6.33. The summed E-state index contributed by atoms with van der Waals surface area (Å²) in [4.78, 5) is 27.9. The topological polar surface area (TPSA) is 46.6 Å². The Bertz CT molecular complexity index is 1080.